The maximum Gasteiger partial charge on any atom is 0.416 e. The molecule has 0 radical (unpaired) electrons. The van der Waals surface area contributed by atoms with Crippen LogP contribution >= 0.6 is 0 Å². The average molecular weight is 543 g/mol. The summed E-state index contributed by atoms with van der Waals surface area (Å²) in [5.41, 5.74) is 2.13. The molecular weight excluding hydrogens is 509 g/mol. The van der Waals surface area contributed by atoms with Gasteiger partial charge in [0.2, 0.25) is 0 Å². The third kappa shape index (κ3) is 7.02. The van der Waals surface area contributed by atoms with Crippen LogP contribution < -0.4 is 5.32 Å². The Kier molecular flexibility index (Phi) is 8.67. The number of anilines is 1. The van der Waals surface area contributed by atoms with Crippen molar-refractivity contribution >= 4 is 17.6 Å². The summed E-state index contributed by atoms with van der Waals surface area (Å²) in [7, 11) is 1.58. The Labute approximate surface area is 225 Å². The molecule has 1 aliphatic rings. The van der Waals surface area contributed by atoms with Crippen molar-refractivity contribution in [2.75, 3.05) is 18.9 Å². The smallest absolute Gasteiger partial charge is 0.416 e. The number of amides is 1. The van der Waals surface area contributed by atoms with Crippen LogP contribution in [0.3, 0.4) is 0 Å². The van der Waals surface area contributed by atoms with E-state index in [4.69, 9.17) is 9.52 Å². The summed E-state index contributed by atoms with van der Waals surface area (Å²) in [6.45, 7) is 1.99. The van der Waals surface area contributed by atoms with Crippen LogP contribution in [-0.4, -0.2) is 35.5 Å². The van der Waals surface area contributed by atoms with Gasteiger partial charge in [0.05, 0.1) is 18.0 Å². The summed E-state index contributed by atoms with van der Waals surface area (Å²) in [4.78, 5) is 24.9. The molecule has 1 heterocycles. The number of carboxylic acid groups (broad SMARTS) is 1. The van der Waals surface area contributed by atoms with Crippen molar-refractivity contribution < 1.29 is 32.3 Å². The monoisotopic (exact) mass is 542 g/mol. The van der Waals surface area contributed by atoms with Crippen molar-refractivity contribution in [1.82, 2.24) is 4.90 Å². The second-order valence-corrected chi connectivity index (χ2v) is 10.2. The Hall–Kier alpha value is -3.75. The number of aliphatic carboxylic acids is 1. The first-order valence-electron chi connectivity index (χ1n) is 13.1. The largest absolute Gasteiger partial charge is 0.481 e. The lowest BCUT2D eigenvalue weighted by molar-refractivity contribution is -0.138. The van der Waals surface area contributed by atoms with E-state index in [0.717, 1.165) is 49.1 Å². The number of furan rings is 1. The molecule has 1 aromatic heterocycles. The zero-order valence-corrected chi connectivity index (χ0v) is 22.1. The minimum Gasteiger partial charge on any atom is -0.481 e. The predicted octanol–water partition coefficient (Wildman–Crippen LogP) is 7.55. The van der Waals surface area contributed by atoms with Crippen LogP contribution in [0, 0.1) is 12.8 Å². The first kappa shape index (κ1) is 28.3. The van der Waals surface area contributed by atoms with E-state index in [1.54, 1.807) is 19.2 Å². The zero-order valence-electron chi connectivity index (χ0n) is 22.1. The lowest BCUT2D eigenvalue weighted by Gasteiger charge is -2.31. The predicted molar refractivity (Wildman–Crippen MR) is 142 cm³/mol. The molecule has 0 aliphatic heterocycles. The summed E-state index contributed by atoms with van der Waals surface area (Å²) >= 11 is 0. The molecule has 2 aromatic carbocycles. The summed E-state index contributed by atoms with van der Waals surface area (Å²) < 4.78 is 45.1. The van der Waals surface area contributed by atoms with Gasteiger partial charge >= 0.3 is 12.1 Å². The number of hydrogen-bond acceptors (Lipinski definition) is 4. The van der Waals surface area contributed by atoms with E-state index in [0.29, 0.717) is 28.6 Å². The van der Waals surface area contributed by atoms with E-state index in [2.05, 4.69) is 5.32 Å². The van der Waals surface area contributed by atoms with Gasteiger partial charge in [-0.2, -0.15) is 13.2 Å². The van der Waals surface area contributed by atoms with Crippen molar-refractivity contribution in [3.8, 4) is 11.3 Å². The number of nitrogens with zero attached hydrogens (tertiary/aromatic N) is 1. The number of carbonyl (C=O) groups excluding carboxylic acids is 1. The molecule has 0 bridgehead atoms. The molecule has 1 saturated carbocycles. The first-order chi connectivity index (χ1) is 18.5. The van der Waals surface area contributed by atoms with Gasteiger partial charge in [0, 0.05) is 36.0 Å². The van der Waals surface area contributed by atoms with Gasteiger partial charge in [-0.3, -0.25) is 9.59 Å². The van der Waals surface area contributed by atoms with E-state index in [9.17, 15) is 22.8 Å². The molecule has 1 atom stereocenters. The van der Waals surface area contributed by atoms with Gasteiger partial charge in [-0.1, -0.05) is 31.4 Å². The Morgan fingerprint density at radius 1 is 1.05 bits per heavy atom. The van der Waals surface area contributed by atoms with Gasteiger partial charge in [0.1, 0.15) is 11.5 Å². The number of hydrogen-bond donors (Lipinski definition) is 2. The van der Waals surface area contributed by atoms with Crippen LogP contribution in [0.15, 0.2) is 59.0 Å². The summed E-state index contributed by atoms with van der Waals surface area (Å²) in [5, 5.41) is 12.5. The lowest BCUT2D eigenvalue weighted by Crippen LogP contribution is -2.29. The van der Waals surface area contributed by atoms with Crippen molar-refractivity contribution in [1.29, 1.82) is 0 Å². The normalized spacial score (nSPS) is 15.1. The van der Waals surface area contributed by atoms with Gasteiger partial charge in [0.25, 0.3) is 5.91 Å². The Morgan fingerprint density at radius 3 is 2.28 bits per heavy atom. The van der Waals surface area contributed by atoms with Crippen LogP contribution in [0.25, 0.3) is 11.3 Å². The highest BCUT2D eigenvalue weighted by atomic mass is 19.4. The van der Waals surface area contributed by atoms with Gasteiger partial charge in [-0.25, -0.2) is 0 Å². The molecule has 9 heteroatoms. The van der Waals surface area contributed by atoms with Gasteiger partial charge in [-0.05, 0) is 68.1 Å². The van der Waals surface area contributed by atoms with E-state index in [-0.39, 0.29) is 24.9 Å². The standard InChI is InChI=1S/C30H33F3N2O4/c1-19-25(18-26(39-19)20-8-12-23(13-9-20)30(31,32)33)28(21-6-4-3-5-7-21)34-24-14-10-22(11-15-24)29(38)35(2)17-16-27(36)37/h8-15,18,21,28,34H,3-7,16-17H2,1-2H3,(H,36,37). The number of carbonyl (C=O) groups is 2. The number of rotatable bonds is 9. The number of halogens is 3. The van der Waals surface area contributed by atoms with Crippen LogP contribution in [0.5, 0.6) is 0 Å². The van der Waals surface area contributed by atoms with E-state index in [1.807, 2.05) is 25.1 Å². The molecule has 2 N–H and O–H groups in total. The summed E-state index contributed by atoms with van der Waals surface area (Å²) in [6.07, 6.45) is 1.02. The second kappa shape index (κ2) is 12.0. The third-order valence-corrected chi connectivity index (χ3v) is 7.37. The molecule has 6 nitrogen and oxygen atoms in total. The third-order valence-electron chi connectivity index (χ3n) is 7.37. The fourth-order valence-electron chi connectivity index (χ4n) is 5.16. The van der Waals surface area contributed by atoms with Crippen LogP contribution in [0.1, 0.15) is 71.8 Å². The molecule has 0 saturated heterocycles. The molecule has 39 heavy (non-hydrogen) atoms. The molecule has 1 amide bonds. The van der Waals surface area contributed by atoms with Crippen molar-refractivity contribution in [3.05, 3.63) is 77.0 Å². The van der Waals surface area contributed by atoms with Crippen molar-refractivity contribution in [2.24, 2.45) is 5.92 Å². The Balaban J connectivity index is 1.56. The number of nitrogens with one attached hydrogen (secondary N) is 1. The Bertz CT molecular complexity index is 1280. The van der Waals surface area contributed by atoms with Crippen LogP contribution in [0.2, 0.25) is 0 Å². The molecule has 0 spiro atoms. The highest BCUT2D eigenvalue weighted by Crippen LogP contribution is 2.41. The fourth-order valence-corrected chi connectivity index (χ4v) is 5.16. The van der Waals surface area contributed by atoms with E-state index < -0.39 is 17.7 Å². The minimum absolute atomic E-state index is 0.0722. The summed E-state index contributed by atoms with van der Waals surface area (Å²) in [5.74, 6) is 0.362. The molecule has 4 rings (SSSR count). The van der Waals surface area contributed by atoms with Crippen molar-refractivity contribution in [2.45, 2.75) is 57.7 Å². The maximum absolute atomic E-state index is 13.0. The van der Waals surface area contributed by atoms with Gasteiger partial charge in [-0.15, -0.1) is 0 Å². The average Bonchev–Trinajstić information content (AvgIpc) is 3.31. The molecule has 208 valence electrons. The van der Waals surface area contributed by atoms with Crippen LogP contribution in [-0.2, 0) is 11.0 Å². The highest BCUT2D eigenvalue weighted by Gasteiger charge is 2.31. The number of aryl methyl sites for hydroxylation is 1. The number of benzene rings is 2. The summed E-state index contributed by atoms with van der Waals surface area (Å²) in [6, 6.07) is 13.9. The van der Waals surface area contributed by atoms with Crippen molar-refractivity contribution in [3.63, 3.8) is 0 Å². The van der Waals surface area contributed by atoms with E-state index in [1.165, 1.54) is 23.5 Å². The SMILES string of the molecule is Cc1oc(-c2ccc(C(F)(F)F)cc2)cc1C(Nc1ccc(C(=O)N(C)CCC(=O)O)cc1)C1CCCCC1. The lowest BCUT2D eigenvalue weighted by atomic mass is 9.81. The zero-order chi connectivity index (χ0) is 28.2. The second-order valence-electron chi connectivity index (χ2n) is 10.2. The number of carboxylic acids is 1. The molecule has 3 aromatic rings. The molecule has 1 unspecified atom stereocenters. The quantitative estimate of drug-likeness (QED) is 0.292. The van der Waals surface area contributed by atoms with Crippen LogP contribution in [0.4, 0.5) is 18.9 Å². The topological polar surface area (TPSA) is 82.8 Å². The molecule has 1 aliphatic carbocycles. The molecule has 1 fully saturated rings. The maximum atomic E-state index is 13.0. The highest BCUT2D eigenvalue weighted by molar-refractivity contribution is 5.94. The fraction of sp³-hybridized carbons (Fsp3) is 0.400. The van der Waals surface area contributed by atoms with E-state index >= 15 is 0 Å². The van der Waals surface area contributed by atoms with Gasteiger partial charge in [0.15, 0.2) is 0 Å². The minimum atomic E-state index is -4.40. The Morgan fingerprint density at radius 2 is 1.69 bits per heavy atom. The first-order valence-corrected chi connectivity index (χ1v) is 13.1. The number of alkyl halides is 3. The van der Waals surface area contributed by atoms with Gasteiger partial charge < -0.3 is 19.7 Å². The molecular formula is C30H33F3N2O4.